The topological polar surface area (TPSA) is 70.3 Å². The van der Waals surface area contributed by atoms with Gasteiger partial charge in [0.05, 0.1) is 19.5 Å². The van der Waals surface area contributed by atoms with E-state index < -0.39 is 0 Å². The molecule has 0 saturated carbocycles. The van der Waals surface area contributed by atoms with Crippen LogP contribution in [-0.4, -0.2) is 74.1 Å². The summed E-state index contributed by atoms with van der Waals surface area (Å²) in [4.78, 5) is 21.8. The van der Waals surface area contributed by atoms with Crippen molar-refractivity contribution in [2.45, 2.75) is 33.1 Å². The molecule has 1 N–H and O–H groups in total. The minimum Gasteiger partial charge on any atom is -0.469 e. The highest BCUT2D eigenvalue weighted by Gasteiger charge is 2.30. The number of rotatable bonds is 6. The molecule has 2 aliphatic heterocycles. The first-order valence-corrected chi connectivity index (χ1v) is 10.6. The van der Waals surface area contributed by atoms with Gasteiger partial charge in [0.15, 0.2) is 5.96 Å². The number of morpholine rings is 1. The summed E-state index contributed by atoms with van der Waals surface area (Å²) in [7, 11) is 0. The van der Waals surface area contributed by atoms with E-state index in [4.69, 9.17) is 14.1 Å². The van der Waals surface area contributed by atoms with Crippen molar-refractivity contribution in [2.75, 3.05) is 52.5 Å². The Labute approximate surface area is 191 Å². The van der Waals surface area contributed by atoms with Gasteiger partial charge in [-0.1, -0.05) is 13.8 Å². The zero-order valence-electron chi connectivity index (χ0n) is 17.6. The van der Waals surface area contributed by atoms with E-state index in [1.807, 2.05) is 17.0 Å². The first-order chi connectivity index (χ1) is 13.6. The molecule has 0 radical (unpaired) electrons. The van der Waals surface area contributed by atoms with Gasteiger partial charge in [-0.25, -0.2) is 0 Å². The van der Waals surface area contributed by atoms with E-state index in [1.54, 1.807) is 6.26 Å². The number of piperidine rings is 1. The van der Waals surface area contributed by atoms with Gasteiger partial charge >= 0.3 is 0 Å². The Morgan fingerprint density at radius 3 is 2.55 bits per heavy atom. The highest BCUT2D eigenvalue weighted by Crippen LogP contribution is 2.20. The summed E-state index contributed by atoms with van der Waals surface area (Å²) >= 11 is 0. The summed E-state index contributed by atoms with van der Waals surface area (Å²) in [6.07, 6.45) is 4.31. The molecule has 0 atom stereocenters. The Hall–Kier alpha value is -1.29. The van der Waals surface area contributed by atoms with Gasteiger partial charge in [0.2, 0.25) is 5.91 Å². The first kappa shape index (κ1) is 24.0. The van der Waals surface area contributed by atoms with E-state index in [2.05, 4.69) is 24.1 Å². The molecule has 3 heterocycles. The molecule has 1 aromatic rings. The second kappa shape index (κ2) is 12.4. The Kier molecular flexibility index (Phi) is 10.3. The van der Waals surface area contributed by atoms with E-state index in [1.165, 1.54) is 0 Å². The summed E-state index contributed by atoms with van der Waals surface area (Å²) in [6.45, 7) is 10.5. The lowest BCUT2D eigenvalue weighted by Crippen LogP contribution is -2.50. The molecule has 0 unspecified atom stereocenters. The molecule has 164 valence electrons. The van der Waals surface area contributed by atoms with E-state index in [9.17, 15) is 4.79 Å². The van der Waals surface area contributed by atoms with Crippen molar-refractivity contribution in [1.82, 2.24) is 15.1 Å². The Balaban J connectivity index is 0.00000300. The van der Waals surface area contributed by atoms with Crippen LogP contribution >= 0.6 is 24.0 Å². The van der Waals surface area contributed by atoms with Gasteiger partial charge in [-0.05, 0) is 30.9 Å². The molecule has 0 aromatic carbocycles. The van der Waals surface area contributed by atoms with Crippen LogP contribution in [0.4, 0.5) is 0 Å². The predicted molar refractivity (Wildman–Crippen MR) is 125 cm³/mol. The van der Waals surface area contributed by atoms with Gasteiger partial charge in [0.25, 0.3) is 0 Å². The molecule has 2 fully saturated rings. The third-order valence-corrected chi connectivity index (χ3v) is 5.31. The van der Waals surface area contributed by atoms with Crippen LogP contribution in [0.3, 0.4) is 0 Å². The number of nitrogens with zero attached hydrogens (tertiary/aromatic N) is 3. The number of hydrogen-bond acceptors (Lipinski definition) is 4. The summed E-state index contributed by atoms with van der Waals surface area (Å²) in [5.74, 6) is 2.88. The van der Waals surface area contributed by atoms with Crippen LogP contribution in [-0.2, 0) is 16.0 Å². The number of furan rings is 1. The maximum Gasteiger partial charge on any atom is 0.225 e. The Morgan fingerprint density at radius 1 is 1.21 bits per heavy atom. The largest absolute Gasteiger partial charge is 0.469 e. The van der Waals surface area contributed by atoms with Crippen molar-refractivity contribution in [2.24, 2.45) is 16.8 Å². The molecule has 0 spiro atoms. The van der Waals surface area contributed by atoms with Gasteiger partial charge in [0, 0.05) is 51.6 Å². The third-order valence-electron chi connectivity index (χ3n) is 5.31. The Bertz CT molecular complexity index is 622. The van der Waals surface area contributed by atoms with Crippen LogP contribution in [0, 0.1) is 11.8 Å². The van der Waals surface area contributed by atoms with Crippen LogP contribution in [0.25, 0.3) is 0 Å². The molecule has 0 bridgehead atoms. The first-order valence-electron chi connectivity index (χ1n) is 10.6. The van der Waals surface area contributed by atoms with Gasteiger partial charge in [0.1, 0.15) is 5.76 Å². The minimum atomic E-state index is 0. The number of nitrogens with one attached hydrogen (secondary N) is 1. The zero-order valence-corrected chi connectivity index (χ0v) is 20.0. The van der Waals surface area contributed by atoms with Crippen molar-refractivity contribution in [1.29, 1.82) is 0 Å². The molecule has 1 aromatic heterocycles. The molecule has 2 saturated heterocycles. The molecule has 3 rings (SSSR count). The van der Waals surface area contributed by atoms with Crippen molar-refractivity contribution < 1.29 is 13.9 Å². The fourth-order valence-electron chi connectivity index (χ4n) is 3.67. The molecular formula is C21H35IN4O3. The second-order valence-electron chi connectivity index (χ2n) is 8.01. The minimum absolute atomic E-state index is 0. The summed E-state index contributed by atoms with van der Waals surface area (Å²) in [5.41, 5.74) is 0. The average molecular weight is 518 g/mol. The van der Waals surface area contributed by atoms with Crippen LogP contribution in [0.2, 0.25) is 0 Å². The molecule has 7 nitrogen and oxygen atoms in total. The summed E-state index contributed by atoms with van der Waals surface area (Å²) in [6, 6.07) is 3.91. The second-order valence-corrected chi connectivity index (χ2v) is 8.01. The quantitative estimate of drug-likeness (QED) is 0.356. The van der Waals surface area contributed by atoms with E-state index in [0.717, 1.165) is 70.3 Å². The molecular weight excluding hydrogens is 483 g/mol. The van der Waals surface area contributed by atoms with Crippen molar-refractivity contribution in [3.8, 4) is 0 Å². The highest BCUT2D eigenvalue weighted by atomic mass is 127. The maximum absolute atomic E-state index is 12.7. The SMILES string of the molecule is CC(C)CN=C(NCCc1ccco1)N1CCC(C(=O)N2CCOCC2)CC1.I. The van der Waals surface area contributed by atoms with E-state index in [-0.39, 0.29) is 29.9 Å². The molecule has 2 aliphatic rings. The normalized spacial score (nSPS) is 18.7. The van der Waals surface area contributed by atoms with E-state index in [0.29, 0.717) is 25.0 Å². The average Bonchev–Trinajstić information content (AvgIpc) is 3.24. The number of amides is 1. The number of guanidine groups is 1. The number of halogens is 1. The smallest absolute Gasteiger partial charge is 0.225 e. The van der Waals surface area contributed by atoms with Crippen LogP contribution < -0.4 is 5.32 Å². The lowest BCUT2D eigenvalue weighted by molar-refractivity contribution is -0.140. The number of carbonyl (C=O) groups excluding carboxylic acids is 1. The fraction of sp³-hybridized carbons (Fsp3) is 0.714. The molecule has 8 heteroatoms. The lowest BCUT2D eigenvalue weighted by atomic mass is 9.95. The molecule has 0 aliphatic carbocycles. The maximum atomic E-state index is 12.7. The van der Waals surface area contributed by atoms with Gasteiger partial charge in [-0.2, -0.15) is 0 Å². The Morgan fingerprint density at radius 2 is 1.93 bits per heavy atom. The number of carbonyl (C=O) groups is 1. The highest BCUT2D eigenvalue weighted by molar-refractivity contribution is 14.0. The van der Waals surface area contributed by atoms with Gasteiger partial charge in [-0.3, -0.25) is 9.79 Å². The molecule has 1 amide bonds. The van der Waals surface area contributed by atoms with Crippen LogP contribution in [0.15, 0.2) is 27.8 Å². The fourth-order valence-corrected chi connectivity index (χ4v) is 3.67. The van der Waals surface area contributed by atoms with Gasteiger partial charge < -0.3 is 24.3 Å². The summed E-state index contributed by atoms with van der Waals surface area (Å²) < 4.78 is 10.8. The standard InChI is InChI=1S/C21H34N4O3.HI/c1-17(2)16-23-21(22-8-5-19-4-3-13-28-19)25-9-6-18(7-10-25)20(26)24-11-14-27-15-12-24;/h3-4,13,17-18H,5-12,14-16H2,1-2H3,(H,22,23);1H. The van der Waals surface area contributed by atoms with Gasteiger partial charge in [-0.15, -0.1) is 24.0 Å². The third kappa shape index (κ3) is 7.47. The van der Waals surface area contributed by atoms with Crippen LogP contribution in [0.5, 0.6) is 0 Å². The van der Waals surface area contributed by atoms with Crippen molar-refractivity contribution >= 4 is 35.8 Å². The molecule has 29 heavy (non-hydrogen) atoms. The van der Waals surface area contributed by atoms with Crippen LogP contribution in [0.1, 0.15) is 32.4 Å². The van der Waals surface area contributed by atoms with E-state index >= 15 is 0 Å². The zero-order chi connectivity index (χ0) is 19.8. The number of aliphatic imine (C=N–C) groups is 1. The van der Waals surface area contributed by atoms with Crippen molar-refractivity contribution in [3.05, 3.63) is 24.2 Å². The van der Waals surface area contributed by atoms with Crippen molar-refractivity contribution in [3.63, 3.8) is 0 Å². The monoisotopic (exact) mass is 518 g/mol. The number of ether oxygens (including phenoxy) is 1. The number of likely N-dealkylation sites (tertiary alicyclic amines) is 1. The predicted octanol–water partition coefficient (Wildman–Crippen LogP) is 2.61. The summed E-state index contributed by atoms with van der Waals surface area (Å²) in [5, 5.41) is 3.49. The lowest BCUT2D eigenvalue weighted by Gasteiger charge is -2.37. The number of hydrogen-bond donors (Lipinski definition) is 1.